The molecular weight excluding hydrogens is 254 g/mol. The maximum absolute atomic E-state index is 11.9. The number of nitrogens with zero attached hydrogens (tertiary/aromatic N) is 2. The zero-order valence-corrected chi connectivity index (χ0v) is 12.6. The number of hydrogen-bond acceptors (Lipinski definition) is 3. The maximum Gasteiger partial charge on any atom is 0.317 e. The lowest BCUT2D eigenvalue weighted by Gasteiger charge is -2.36. The van der Waals surface area contributed by atoms with E-state index in [9.17, 15) is 9.90 Å². The third kappa shape index (κ3) is 6.42. The summed E-state index contributed by atoms with van der Waals surface area (Å²) in [6, 6.07) is 0.00852. The molecule has 0 spiro atoms. The Morgan fingerprint density at radius 3 is 2.17 bits per heavy atom. The Balaban J connectivity index is 0.00000289. The quantitative estimate of drug-likeness (QED) is 0.790. The second kappa shape index (κ2) is 7.16. The molecule has 1 aliphatic rings. The van der Waals surface area contributed by atoms with E-state index in [1.165, 1.54) is 0 Å². The van der Waals surface area contributed by atoms with Gasteiger partial charge in [0.05, 0.1) is 6.10 Å². The van der Waals surface area contributed by atoms with Crippen LogP contribution in [0.1, 0.15) is 27.7 Å². The van der Waals surface area contributed by atoms with Crippen LogP contribution in [0.15, 0.2) is 0 Å². The summed E-state index contributed by atoms with van der Waals surface area (Å²) in [6.07, 6.45) is -0.301. The Morgan fingerprint density at radius 2 is 1.78 bits per heavy atom. The van der Waals surface area contributed by atoms with Crippen LogP contribution in [0.3, 0.4) is 0 Å². The van der Waals surface area contributed by atoms with E-state index in [4.69, 9.17) is 0 Å². The number of aliphatic hydroxyl groups excluding tert-OH is 1. The Hall–Kier alpha value is -0.520. The summed E-state index contributed by atoms with van der Waals surface area (Å²) in [5.41, 5.74) is -0.187. The molecule has 1 aliphatic heterocycles. The molecule has 0 radical (unpaired) electrons. The Morgan fingerprint density at radius 1 is 1.28 bits per heavy atom. The average molecular weight is 280 g/mol. The van der Waals surface area contributed by atoms with Crippen molar-refractivity contribution in [1.82, 2.24) is 15.1 Å². The highest BCUT2D eigenvalue weighted by molar-refractivity contribution is 5.85. The van der Waals surface area contributed by atoms with E-state index in [0.717, 1.165) is 26.2 Å². The normalized spacial score (nSPS) is 19.1. The second-order valence-corrected chi connectivity index (χ2v) is 5.82. The number of rotatable bonds is 2. The highest BCUT2D eigenvalue weighted by Crippen LogP contribution is 2.06. The van der Waals surface area contributed by atoms with Crippen molar-refractivity contribution < 1.29 is 9.90 Å². The molecule has 0 aromatic carbocycles. The van der Waals surface area contributed by atoms with Gasteiger partial charge in [0.15, 0.2) is 0 Å². The molecule has 18 heavy (non-hydrogen) atoms. The van der Waals surface area contributed by atoms with Crippen molar-refractivity contribution in [3.63, 3.8) is 0 Å². The average Bonchev–Trinajstić information content (AvgIpc) is 2.15. The van der Waals surface area contributed by atoms with Gasteiger partial charge < -0.3 is 15.3 Å². The molecule has 0 bridgehead atoms. The van der Waals surface area contributed by atoms with Crippen LogP contribution in [0, 0.1) is 0 Å². The van der Waals surface area contributed by atoms with Crippen molar-refractivity contribution in [2.45, 2.75) is 39.3 Å². The molecule has 0 aromatic heterocycles. The second-order valence-electron chi connectivity index (χ2n) is 5.82. The fourth-order valence-corrected chi connectivity index (χ4v) is 1.91. The van der Waals surface area contributed by atoms with Gasteiger partial charge in [-0.05, 0) is 27.7 Å². The Bertz CT molecular complexity index is 259. The first-order valence-corrected chi connectivity index (χ1v) is 6.25. The number of β-amino-alcohol motifs (C(OH)–C–C–N with tert-alkyl or cyclic N) is 1. The third-order valence-corrected chi connectivity index (χ3v) is 2.66. The van der Waals surface area contributed by atoms with Crippen LogP contribution in [0.4, 0.5) is 4.79 Å². The monoisotopic (exact) mass is 279 g/mol. The van der Waals surface area contributed by atoms with Gasteiger partial charge in [-0.1, -0.05) is 0 Å². The number of aliphatic hydroxyl groups is 1. The van der Waals surface area contributed by atoms with Gasteiger partial charge in [0, 0.05) is 38.3 Å². The topological polar surface area (TPSA) is 55.8 Å². The number of halogens is 1. The van der Waals surface area contributed by atoms with E-state index < -0.39 is 0 Å². The summed E-state index contributed by atoms with van der Waals surface area (Å²) < 4.78 is 0. The molecule has 1 unspecified atom stereocenters. The summed E-state index contributed by atoms with van der Waals surface area (Å²) in [4.78, 5) is 15.9. The Labute approximate surface area is 116 Å². The van der Waals surface area contributed by atoms with Gasteiger partial charge in [-0.2, -0.15) is 0 Å². The molecule has 1 atom stereocenters. The van der Waals surface area contributed by atoms with E-state index in [1.807, 2.05) is 25.7 Å². The predicted molar refractivity (Wildman–Crippen MR) is 75.2 cm³/mol. The number of hydrogen-bond donors (Lipinski definition) is 2. The molecule has 6 heteroatoms. The number of amides is 2. The molecule has 1 fully saturated rings. The maximum atomic E-state index is 11.9. The first-order chi connectivity index (χ1) is 7.78. The fourth-order valence-electron chi connectivity index (χ4n) is 1.91. The predicted octanol–water partition coefficient (Wildman–Crippen LogP) is 0.915. The molecule has 2 N–H and O–H groups in total. The molecule has 5 nitrogen and oxygen atoms in total. The van der Waals surface area contributed by atoms with Crippen LogP contribution in [-0.2, 0) is 0 Å². The summed E-state index contributed by atoms with van der Waals surface area (Å²) in [7, 11) is 0. The van der Waals surface area contributed by atoms with Crippen molar-refractivity contribution in [1.29, 1.82) is 0 Å². The lowest BCUT2D eigenvalue weighted by Crippen LogP contribution is -2.55. The number of piperazine rings is 1. The highest BCUT2D eigenvalue weighted by Gasteiger charge is 2.24. The first kappa shape index (κ1) is 17.5. The summed E-state index contributed by atoms with van der Waals surface area (Å²) >= 11 is 0. The van der Waals surface area contributed by atoms with Crippen LogP contribution in [-0.4, -0.2) is 65.3 Å². The van der Waals surface area contributed by atoms with Gasteiger partial charge in [-0.25, -0.2) is 4.79 Å². The van der Waals surface area contributed by atoms with Crippen molar-refractivity contribution in [2.24, 2.45) is 0 Å². The van der Waals surface area contributed by atoms with Gasteiger partial charge in [0.1, 0.15) is 0 Å². The van der Waals surface area contributed by atoms with E-state index in [2.05, 4.69) is 10.2 Å². The van der Waals surface area contributed by atoms with Gasteiger partial charge in [0.25, 0.3) is 0 Å². The molecule has 0 aromatic rings. The SMILES string of the molecule is CC(O)CN1CCN(C(=O)NC(C)(C)C)CC1.Cl. The van der Waals surface area contributed by atoms with Gasteiger partial charge in [0.2, 0.25) is 0 Å². The number of nitrogens with one attached hydrogen (secondary N) is 1. The fraction of sp³-hybridized carbons (Fsp3) is 0.917. The Kier molecular flexibility index (Phi) is 6.96. The summed E-state index contributed by atoms with van der Waals surface area (Å²) in [6.45, 7) is 11.6. The van der Waals surface area contributed by atoms with Crippen molar-refractivity contribution in [2.75, 3.05) is 32.7 Å². The summed E-state index contributed by atoms with van der Waals surface area (Å²) in [5, 5.41) is 12.3. The molecule has 0 aliphatic carbocycles. The van der Waals surface area contributed by atoms with Gasteiger partial charge >= 0.3 is 6.03 Å². The molecule has 1 heterocycles. The van der Waals surface area contributed by atoms with Crippen LogP contribution in [0.25, 0.3) is 0 Å². The van der Waals surface area contributed by atoms with Crippen LogP contribution < -0.4 is 5.32 Å². The first-order valence-electron chi connectivity index (χ1n) is 6.25. The van der Waals surface area contributed by atoms with Gasteiger partial charge in [-0.15, -0.1) is 12.4 Å². The minimum Gasteiger partial charge on any atom is -0.392 e. The minimum atomic E-state index is -0.301. The molecular formula is C12H26ClN3O2. The molecule has 1 saturated heterocycles. The number of carbonyl (C=O) groups is 1. The van der Waals surface area contributed by atoms with Gasteiger partial charge in [-0.3, -0.25) is 4.90 Å². The van der Waals surface area contributed by atoms with Crippen LogP contribution in [0.5, 0.6) is 0 Å². The lowest BCUT2D eigenvalue weighted by atomic mass is 10.1. The highest BCUT2D eigenvalue weighted by atomic mass is 35.5. The van der Waals surface area contributed by atoms with E-state index >= 15 is 0 Å². The van der Waals surface area contributed by atoms with E-state index in [0.29, 0.717) is 6.54 Å². The zero-order valence-electron chi connectivity index (χ0n) is 11.8. The van der Waals surface area contributed by atoms with Crippen molar-refractivity contribution >= 4 is 18.4 Å². The molecule has 1 rings (SSSR count). The molecule has 2 amide bonds. The lowest BCUT2D eigenvalue weighted by molar-refractivity contribution is 0.0884. The standard InChI is InChI=1S/C12H25N3O2.ClH/c1-10(16)9-14-5-7-15(8-6-14)11(17)13-12(2,3)4;/h10,16H,5-9H2,1-4H3,(H,13,17);1H. The largest absolute Gasteiger partial charge is 0.392 e. The van der Waals surface area contributed by atoms with E-state index in [-0.39, 0.29) is 30.1 Å². The van der Waals surface area contributed by atoms with Crippen LogP contribution in [0.2, 0.25) is 0 Å². The summed E-state index contributed by atoms with van der Waals surface area (Å²) in [5.74, 6) is 0. The minimum absolute atomic E-state index is 0. The third-order valence-electron chi connectivity index (χ3n) is 2.66. The molecule has 108 valence electrons. The number of urea groups is 1. The zero-order chi connectivity index (χ0) is 13.1. The van der Waals surface area contributed by atoms with Crippen molar-refractivity contribution in [3.8, 4) is 0 Å². The molecule has 0 saturated carbocycles. The van der Waals surface area contributed by atoms with E-state index in [1.54, 1.807) is 6.92 Å². The number of carbonyl (C=O) groups excluding carboxylic acids is 1. The van der Waals surface area contributed by atoms with Crippen molar-refractivity contribution in [3.05, 3.63) is 0 Å². The smallest absolute Gasteiger partial charge is 0.317 e. The van der Waals surface area contributed by atoms with Crippen LogP contribution >= 0.6 is 12.4 Å².